The van der Waals surface area contributed by atoms with Gasteiger partial charge < -0.3 is 10.2 Å². The second kappa shape index (κ2) is 6.16. The highest BCUT2D eigenvalue weighted by atomic mass is 35.5. The minimum absolute atomic E-state index is 0. The van der Waals surface area contributed by atoms with Crippen LogP contribution < -0.4 is 5.32 Å². The van der Waals surface area contributed by atoms with Crippen molar-refractivity contribution >= 4 is 30.1 Å². The number of carbonyl (C=O) groups excluding carboxylic acids is 1. The molecule has 0 bridgehead atoms. The van der Waals surface area contributed by atoms with Crippen molar-refractivity contribution in [3.63, 3.8) is 0 Å². The Morgan fingerprint density at radius 1 is 1.42 bits per heavy atom. The van der Waals surface area contributed by atoms with Crippen molar-refractivity contribution in [2.24, 2.45) is 0 Å². The van der Waals surface area contributed by atoms with Crippen LogP contribution in [0.2, 0.25) is 0 Å². The van der Waals surface area contributed by atoms with Gasteiger partial charge in [-0.25, -0.2) is 0 Å². The van der Waals surface area contributed by atoms with E-state index in [4.69, 9.17) is 0 Å². The van der Waals surface area contributed by atoms with Gasteiger partial charge >= 0.3 is 0 Å². The molecule has 2 aliphatic rings. The third-order valence-electron chi connectivity index (χ3n) is 3.85. The number of nitrogens with one attached hydrogen (secondary N) is 1. The summed E-state index contributed by atoms with van der Waals surface area (Å²) in [6.45, 7) is 1.97. The van der Waals surface area contributed by atoms with Gasteiger partial charge in [0.2, 0.25) is 5.91 Å². The highest BCUT2D eigenvalue weighted by molar-refractivity contribution is 8.01. The first-order valence-corrected chi connectivity index (χ1v) is 7.35. The molecule has 1 aromatic rings. The van der Waals surface area contributed by atoms with E-state index in [9.17, 15) is 4.79 Å². The number of carbonyl (C=O) groups is 1. The lowest BCUT2D eigenvalue weighted by Gasteiger charge is -2.26. The maximum absolute atomic E-state index is 12.5. The van der Waals surface area contributed by atoms with Crippen LogP contribution in [0.3, 0.4) is 0 Å². The van der Waals surface area contributed by atoms with Crippen molar-refractivity contribution in [3.8, 4) is 0 Å². The number of thioether (sulfide) groups is 1. The van der Waals surface area contributed by atoms with Crippen LogP contribution in [0.5, 0.6) is 0 Å². The Kier molecular flexibility index (Phi) is 4.76. The Morgan fingerprint density at radius 2 is 2.21 bits per heavy atom. The molecule has 0 saturated carbocycles. The van der Waals surface area contributed by atoms with E-state index in [0.29, 0.717) is 6.04 Å². The van der Waals surface area contributed by atoms with Crippen LogP contribution in [0.25, 0.3) is 0 Å². The molecule has 3 nitrogen and oxygen atoms in total. The smallest absolute Gasteiger partial charge is 0.236 e. The number of nitrogens with zero attached hydrogens (tertiary/aromatic N) is 1. The normalized spacial score (nSPS) is 24.7. The van der Waals surface area contributed by atoms with Gasteiger partial charge in [-0.1, -0.05) is 18.2 Å². The van der Waals surface area contributed by atoms with Gasteiger partial charge in [0.25, 0.3) is 0 Å². The molecule has 1 amide bonds. The molecule has 0 spiro atoms. The number of benzene rings is 1. The first kappa shape index (κ1) is 14.7. The van der Waals surface area contributed by atoms with Crippen molar-refractivity contribution in [2.45, 2.75) is 29.0 Å². The topological polar surface area (TPSA) is 32.3 Å². The van der Waals surface area contributed by atoms with Gasteiger partial charge in [0.05, 0.1) is 5.25 Å². The predicted molar refractivity (Wildman–Crippen MR) is 81.1 cm³/mol. The number of rotatable bonds is 2. The Labute approximate surface area is 124 Å². The molecule has 5 heteroatoms. The molecule has 2 heterocycles. The molecule has 19 heavy (non-hydrogen) atoms. The van der Waals surface area contributed by atoms with E-state index in [1.54, 1.807) is 11.8 Å². The maximum Gasteiger partial charge on any atom is 0.236 e. The van der Waals surface area contributed by atoms with Crippen LogP contribution in [0.1, 0.15) is 12.0 Å². The van der Waals surface area contributed by atoms with Gasteiger partial charge in [0.15, 0.2) is 0 Å². The van der Waals surface area contributed by atoms with Crippen molar-refractivity contribution in [1.82, 2.24) is 10.2 Å². The summed E-state index contributed by atoms with van der Waals surface area (Å²) in [5.41, 5.74) is 1.32. The van der Waals surface area contributed by atoms with Crippen LogP contribution in [0, 0.1) is 0 Å². The number of hydrogen-bond donors (Lipinski definition) is 1. The van der Waals surface area contributed by atoms with Crippen LogP contribution >= 0.6 is 24.2 Å². The molecule has 1 aromatic carbocycles. The van der Waals surface area contributed by atoms with Crippen molar-refractivity contribution in [3.05, 3.63) is 29.8 Å². The van der Waals surface area contributed by atoms with Crippen LogP contribution in [-0.4, -0.2) is 42.2 Å². The molecule has 2 aliphatic heterocycles. The summed E-state index contributed by atoms with van der Waals surface area (Å²) in [4.78, 5) is 15.7. The zero-order valence-electron chi connectivity index (χ0n) is 11.0. The fourth-order valence-corrected chi connectivity index (χ4v) is 3.99. The van der Waals surface area contributed by atoms with E-state index in [-0.39, 0.29) is 23.6 Å². The minimum Gasteiger partial charge on any atom is -0.340 e. The zero-order chi connectivity index (χ0) is 12.5. The average molecular weight is 299 g/mol. The molecule has 0 aromatic heterocycles. The molecule has 2 atom stereocenters. The van der Waals surface area contributed by atoms with Gasteiger partial charge in [-0.3, -0.25) is 4.79 Å². The van der Waals surface area contributed by atoms with Crippen molar-refractivity contribution < 1.29 is 4.79 Å². The van der Waals surface area contributed by atoms with E-state index in [0.717, 1.165) is 25.9 Å². The van der Waals surface area contributed by atoms with Crippen LogP contribution in [0.15, 0.2) is 29.2 Å². The Hall–Kier alpha value is -0.710. The molecule has 1 fully saturated rings. The van der Waals surface area contributed by atoms with Crippen LogP contribution in [0.4, 0.5) is 0 Å². The Balaban J connectivity index is 0.00000133. The first-order chi connectivity index (χ1) is 8.75. The van der Waals surface area contributed by atoms with Crippen molar-refractivity contribution in [1.29, 1.82) is 0 Å². The third-order valence-corrected chi connectivity index (χ3v) is 5.16. The van der Waals surface area contributed by atoms with Gasteiger partial charge in [0, 0.05) is 24.5 Å². The summed E-state index contributed by atoms with van der Waals surface area (Å²) in [6, 6.07) is 8.72. The standard InChI is InChI=1S/C14H18N2OS.ClH/c1-16(11-6-7-15-9-11)14(17)13-8-10-4-2-3-5-12(10)18-13;/h2-5,11,13,15H,6-9H2,1H3;1H. The number of likely N-dealkylation sites (N-methyl/N-ethyl adjacent to an activating group) is 1. The van der Waals surface area contributed by atoms with Gasteiger partial charge in [-0.2, -0.15) is 0 Å². The minimum atomic E-state index is 0. The maximum atomic E-state index is 12.5. The van der Waals surface area contributed by atoms with E-state index >= 15 is 0 Å². The summed E-state index contributed by atoms with van der Waals surface area (Å²) in [7, 11) is 1.95. The molecular weight excluding hydrogens is 280 g/mol. The Bertz CT molecular complexity index is 438. The third kappa shape index (κ3) is 2.91. The molecule has 104 valence electrons. The summed E-state index contributed by atoms with van der Waals surface area (Å²) in [5.74, 6) is 0.282. The molecule has 0 aliphatic carbocycles. The average Bonchev–Trinajstić information content (AvgIpc) is 3.05. The van der Waals surface area contributed by atoms with Gasteiger partial charge in [-0.05, 0) is 31.0 Å². The molecule has 2 unspecified atom stereocenters. The van der Waals surface area contributed by atoms with Crippen LogP contribution in [-0.2, 0) is 11.2 Å². The quantitative estimate of drug-likeness (QED) is 0.906. The second-order valence-electron chi connectivity index (χ2n) is 5.01. The number of hydrogen-bond acceptors (Lipinski definition) is 3. The molecule has 1 saturated heterocycles. The summed E-state index contributed by atoms with van der Waals surface area (Å²) in [5, 5.41) is 3.39. The largest absolute Gasteiger partial charge is 0.340 e. The number of halogens is 1. The predicted octanol–water partition coefficient (Wildman–Crippen LogP) is 1.95. The number of fused-ring (bicyclic) bond motifs is 1. The zero-order valence-corrected chi connectivity index (χ0v) is 12.6. The van der Waals surface area contributed by atoms with E-state index in [1.807, 2.05) is 18.0 Å². The highest BCUT2D eigenvalue weighted by Crippen LogP contribution is 2.37. The fraction of sp³-hybridized carbons (Fsp3) is 0.500. The number of amides is 1. The fourth-order valence-electron chi connectivity index (χ4n) is 2.70. The lowest BCUT2D eigenvalue weighted by atomic mass is 10.1. The van der Waals surface area contributed by atoms with Crippen molar-refractivity contribution in [2.75, 3.05) is 20.1 Å². The van der Waals surface area contributed by atoms with Gasteiger partial charge in [0.1, 0.15) is 0 Å². The second-order valence-corrected chi connectivity index (χ2v) is 6.26. The first-order valence-electron chi connectivity index (χ1n) is 6.47. The molecule has 0 radical (unpaired) electrons. The summed E-state index contributed by atoms with van der Waals surface area (Å²) < 4.78 is 0. The van der Waals surface area contributed by atoms with Gasteiger partial charge in [-0.15, -0.1) is 24.2 Å². The van der Waals surface area contributed by atoms with E-state index in [2.05, 4.69) is 23.5 Å². The lowest BCUT2D eigenvalue weighted by Crippen LogP contribution is -2.42. The lowest BCUT2D eigenvalue weighted by molar-refractivity contribution is -0.130. The molecule has 1 N–H and O–H groups in total. The monoisotopic (exact) mass is 298 g/mol. The summed E-state index contributed by atoms with van der Waals surface area (Å²) in [6.07, 6.45) is 1.96. The SMILES string of the molecule is CN(C(=O)C1Cc2ccccc2S1)C1CCNC1.Cl. The highest BCUT2D eigenvalue weighted by Gasteiger charge is 2.33. The summed E-state index contributed by atoms with van der Waals surface area (Å²) >= 11 is 1.72. The van der Waals surface area contributed by atoms with E-state index < -0.39 is 0 Å². The van der Waals surface area contributed by atoms with E-state index in [1.165, 1.54) is 10.5 Å². The Morgan fingerprint density at radius 3 is 2.89 bits per heavy atom. The molecule has 3 rings (SSSR count). The molecular formula is C14H19ClN2OS.